The molecule has 9 heavy (non-hydrogen) atoms. The molecule has 0 aromatic carbocycles. The third-order valence-corrected chi connectivity index (χ3v) is 1.08. The molecule has 0 aliphatic rings. The molecule has 0 amide bonds. The van der Waals surface area contributed by atoms with Gasteiger partial charge < -0.3 is 4.98 Å². The molecule has 0 spiro atoms. The van der Waals surface area contributed by atoms with Crippen LogP contribution in [0.3, 0.4) is 0 Å². The van der Waals surface area contributed by atoms with Crippen molar-refractivity contribution in [3.05, 3.63) is 17.7 Å². The fraction of sp³-hybridized carbons (Fsp3) is 0.400. The lowest BCUT2D eigenvalue weighted by atomic mass is 10.4. The summed E-state index contributed by atoms with van der Waals surface area (Å²) in [5, 5.41) is 0. The molecule has 0 unspecified atom stereocenters. The Morgan fingerprint density at radius 2 is 2.33 bits per heavy atom. The average molecular weight is 132 g/mol. The molecule has 0 aliphatic carbocycles. The lowest BCUT2D eigenvalue weighted by Crippen LogP contribution is -1.86. The van der Waals surface area contributed by atoms with Gasteiger partial charge in [-0.15, -0.1) is 0 Å². The Labute approximate surface area is 50.9 Å². The monoisotopic (exact) mass is 132 g/mol. The smallest absolute Gasteiger partial charge is 0.282 e. The molecule has 0 radical (unpaired) electrons. The van der Waals surface area contributed by atoms with Crippen molar-refractivity contribution in [1.29, 1.82) is 0 Å². The highest BCUT2D eigenvalue weighted by atomic mass is 19.3. The normalized spacial score (nSPS) is 10.7. The van der Waals surface area contributed by atoms with E-state index >= 15 is 0 Å². The van der Waals surface area contributed by atoms with Crippen LogP contribution in [0.5, 0.6) is 0 Å². The van der Waals surface area contributed by atoms with Crippen molar-refractivity contribution >= 4 is 0 Å². The number of hydrogen-bond acceptors (Lipinski definition) is 1. The van der Waals surface area contributed by atoms with Crippen molar-refractivity contribution in [1.82, 2.24) is 9.97 Å². The predicted octanol–water partition coefficient (Wildman–Crippen LogP) is 1.66. The summed E-state index contributed by atoms with van der Waals surface area (Å²) in [5.74, 6) is 0. The van der Waals surface area contributed by atoms with Crippen LogP contribution in [0.2, 0.25) is 0 Å². The van der Waals surface area contributed by atoms with Crippen molar-refractivity contribution in [2.75, 3.05) is 0 Å². The SMILES string of the molecule is Cc1[nH]cnc1C(F)F. The molecule has 50 valence electrons. The summed E-state index contributed by atoms with van der Waals surface area (Å²) in [4.78, 5) is 5.97. The standard InChI is InChI=1S/C5H6F2N2/c1-3-4(5(6)7)9-2-8-3/h2,5H,1H3,(H,8,9). The van der Waals surface area contributed by atoms with E-state index in [-0.39, 0.29) is 5.69 Å². The summed E-state index contributed by atoms with van der Waals surface area (Å²) < 4.78 is 23.6. The first-order chi connectivity index (χ1) is 4.22. The maximum Gasteiger partial charge on any atom is 0.282 e. The van der Waals surface area contributed by atoms with E-state index in [1.54, 1.807) is 6.92 Å². The van der Waals surface area contributed by atoms with Gasteiger partial charge in [0.15, 0.2) is 0 Å². The third-order valence-electron chi connectivity index (χ3n) is 1.08. The molecule has 1 heterocycles. The molecule has 2 nitrogen and oxygen atoms in total. The molecular weight excluding hydrogens is 126 g/mol. The van der Waals surface area contributed by atoms with Crippen LogP contribution < -0.4 is 0 Å². The fourth-order valence-corrected chi connectivity index (χ4v) is 0.589. The first-order valence-corrected chi connectivity index (χ1v) is 2.50. The minimum absolute atomic E-state index is 0.157. The Morgan fingerprint density at radius 1 is 1.67 bits per heavy atom. The van der Waals surface area contributed by atoms with Gasteiger partial charge in [-0.3, -0.25) is 0 Å². The number of rotatable bonds is 1. The van der Waals surface area contributed by atoms with E-state index in [2.05, 4.69) is 9.97 Å². The molecule has 4 heteroatoms. The summed E-state index contributed by atoms with van der Waals surface area (Å²) in [5.41, 5.74) is 0.278. The summed E-state index contributed by atoms with van der Waals surface area (Å²) in [6.45, 7) is 1.56. The van der Waals surface area contributed by atoms with Gasteiger partial charge in [0.1, 0.15) is 5.69 Å². The van der Waals surface area contributed by atoms with Crippen LogP contribution in [-0.2, 0) is 0 Å². The van der Waals surface area contributed by atoms with Crippen molar-refractivity contribution in [3.63, 3.8) is 0 Å². The van der Waals surface area contributed by atoms with Crippen LogP contribution in [0.25, 0.3) is 0 Å². The average Bonchev–Trinajstić information content (AvgIpc) is 2.13. The van der Waals surface area contributed by atoms with Gasteiger partial charge in [-0.05, 0) is 6.92 Å². The predicted molar refractivity (Wildman–Crippen MR) is 28.3 cm³/mol. The minimum Gasteiger partial charge on any atom is -0.348 e. The molecule has 1 aromatic heterocycles. The van der Waals surface area contributed by atoms with Gasteiger partial charge in [-0.25, -0.2) is 13.8 Å². The van der Waals surface area contributed by atoms with Crippen LogP contribution in [0.15, 0.2) is 6.33 Å². The van der Waals surface area contributed by atoms with Crippen molar-refractivity contribution in [2.24, 2.45) is 0 Å². The molecule has 0 bridgehead atoms. The molecule has 0 aliphatic heterocycles. The Balaban J connectivity index is 2.94. The van der Waals surface area contributed by atoms with Gasteiger partial charge >= 0.3 is 0 Å². The second-order valence-electron chi connectivity index (χ2n) is 1.71. The number of H-pyrrole nitrogens is 1. The molecular formula is C5H6F2N2. The highest BCUT2D eigenvalue weighted by Crippen LogP contribution is 2.17. The zero-order valence-corrected chi connectivity index (χ0v) is 4.86. The van der Waals surface area contributed by atoms with E-state index in [4.69, 9.17) is 0 Å². The molecule has 0 saturated carbocycles. The summed E-state index contributed by atoms with van der Waals surface area (Å²) in [6, 6.07) is 0. The van der Waals surface area contributed by atoms with Crippen molar-refractivity contribution in [3.8, 4) is 0 Å². The minimum atomic E-state index is -2.46. The third kappa shape index (κ3) is 1.06. The summed E-state index contributed by atoms with van der Waals surface area (Å²) >= 11 is 0. The Bertz CT molecular complexity index is 195. The van der Waals surface area contributed by atoms with Gasteiger partial charge in [0.2, 0.25) is 0 Å². The largest absolute Gasteiger partial charge is 0.348 e. The zero-order valence-electron chi connectivity index (χ0n) is 4.86. The van der Waals surface area contributed by atoms with Crippen LogP contribution in [0.1, 0.15) is 17.8 Å². The van der Waals surface area contributed by atoms with Crippen molar-refractivity contribution in [2.45, 2.75) is 13.3 Å². The second kappa shape index (κ2) is 2.13. The molecule has 0 atom stereocenters. The van der Waals surface area contributed by atoms with Crippen molar-refractivity contribution < 1.29 is 8.78 Å². The Kier molecular flexibility index (Phi) is 1.46. The molecule has 0 saturated heterocycles. The maximum absolute atomic E-state index is 11.8. The van der Waals surface area contributed by atoms with Crippen LogP contribution in [-0.4, -0.2) is 9.97 Å². The van der Waals surface area contributed by atoms with Crippen LogP contribution >= 0.6 is 0 Å². The first-order valence-electron chi connectivity index (χ1n) is 2.50. The lowest BCUT2D eigenvalue weighted by Gasteiger charge is -1.91. The molecule has 1 aromatic rings. The van der Waals surface area contributed by atoms with E-state index in [1.807, 2.05) is 0 Å². The maximum atomic E-state index is 11.8. The number of nitrogens with zero attached hydrogens (tertiary/aromatic N) is 1. The lowest BCUT2D eigenvalue weighted by molar-refractivity contribution is 0.146. The highest BCUT2D eigenvalue weighted by Gasteiger charge is 2.11. The summed E-state index contributed by atoms with van der Waals surface area (Å²) in [7, 11) is 0. The number of aromatic nitrogens is 2. The Hall–Kier alpha value is -0.930. The number of aromatic amines is 1. The second-order valence-corrected chi connectivity index (χ2v) is 1.71. The van der Waals surface area contributed by atoms with E-state index in [9.17, 15) is 8.78 Å². The zero-order chi connectivity index (χ0) is 6.85. The Morgan fingerprint density at radius 3 is 2.56 bits per heavy atom. The van der Waals surface area contributed by atoms with Gasteiger partial charge in [0, 0.05) is 5.69 Å². The molecule has 0 fully saturated rings. The summed E-state index contributed by atoms with van der Waals surface area (Å²) in [6.07, 6.45) is -1.20. The first kappa shape index (κ1) is 6.19. The van der Waals surface area contributed by atoms with E-state index < -0.39 is 6.43 Å². The molecule has 1 N–H and O–H groups in total. The number of imidazole rings is 1. The quantitative estimate of drug-likeness (QED) is 0.618. The van der Waals surface area contributed by atoms with Gasteiger partial charge in [-0.1, -0.05) is 0 Å². The number of alkyl halides is 2. The van der Waals surface area contributed by atoms with Crippen LogP contribution in [0, 0.1) is 6.92 Å². The van der Waals surface area contributed by atoms with Gasteiger partial charge in [0.25, 0.3) is 6.43 Å². The number of aryl methyl sites for hydroxylation is 1. The number of halogens is 2. The molecule has 1 rings (SSSR count). The number of nitrogens with one attached hydrogen (secondary N) is 1. The van der Waals surface area contributed by atoms with Crippen LogP contribution in [0.4, 0.5) is 8.78 Å². The number of hydrogen-bond donors (Lipinski definition) is 1. The highest BCUT2D eigenvalue weighted by molar-refractivity contribution is 5.09. The van der Waals surface area contributed by atoms with Gasteiger partial charge in [-0.2, -0.15) is 0 Å². The topological polar surface area (TPSA) is 28.7 Å². The van der Waals surface area contributed by atoms with Gasteiger partial charge in [0.05, 0.1) is 6.33 Å². The van der Waals surface area contributed by atoms with E-state index in [0.717, 1.165) is 0 Å². The van der Waals surface area contributed by atoms with E-state index in [0.29, 0.717) is 5.69 Å². The fourth-order valence-electron chi connectivity index (χ4n) is 0.589. The van der Waals surface area contributed by atoms with E-state index in [1.165, 1.54) is 6.33 Å².